The van der Waals surface area contributed by atoms with Gasteiger partial charge in [0.15, 0.2) is 0 Å². The summed E-state index contributed by atoms with van der Waals surface area (Å²) >= 11 is 0. The number of hydrogen-bond donors (Lipinski definition) is 1. The van der Waals surface area contributed by atoms with Crippen molar-refractivity contribution < 1.29 is 14.7 Å². The fourth-order valence-electron chi connectivity index (χ4n) is 2.95. The summed E-state index contributed by atoms with van der Waals surface area (Å²) < 4.78 is 0. The largest absolute Gasteiger partial charge is 0.478 e. The van der Waals surface area contributed by atoms with Crippen molar-refractivity contribution in [3.8, 4) is 11.3 Å². The van der Waals surface area contributed by atoms with Crippen molar-refractivity contribution in [2.45, 2.75) is 19.8 Å². The first-order valence-electron chi connectivity index (χ1n) is 7.78. The minimum atomic E-state index is -1.02. The van der Waals surface area contributed by atoms with Crippen molar-refractivity contribution in [3.05, 3.63) is 42.1 Å². The molecule has 1 atom stereocenters. The van der Waals surface area contributed by atoms with Gasteiger partial charge in [0.05, 0.1) is 11.3 Å². The van der Waals surface area contributed by atoms with E-state index < -0.39 is 5.97 Å². The number of nitrogens with zero attached hydrogens (tertiary/aromatic N) is 4. The molecule has 0 saturated carbocycles. The molecule has 0 spiro atoms. The lowest BCUT2D eigenvalue weighted by molar-refractivity contribution is -0.127. The molecule has 3 rings (SSSR count). The van der Waals surface area contributed by atoms with Crippen LogP contribution < -0.4 is 0 Å². The van der Waals surface area contributed by atoms with Crippen molar-refractivity contribution in [1.82, 2.24) is 19.9 Å². The molecule has 1 aliphatic heterocycles. The van der Waals surface area contributed by atoms with Crippen molar-refractivity contribution in [3.63, 3.8) is 0 Å². The smallest absolute Gasteiger partial charge is 0.337 e. The van der Waals surface area contributed by atoms with Gasteiger partial charge in [-0.15, -0.1) is 0 Å². The number of carboxylic acid groups (broad SMARTS) is 1. The maximum absolute atomic E-state index is 11.4. The van der Waals surface area contributed by atoms with Crippen LogP contribution in [0.2, 0.25) is 0 Å². The second-order valence-electron chi connectivity index (χ2n) is 5.99. The van der Waals surface area contributed by atoms with Gasteiger partial charge in [-0.05, 0) is 30.9 Å². The second-order valence-corrected chi connectivity index (χ2v) is 5.99. The van der Waals surface area contributed by atoms with E-state index in [1.165, 1.54) is 12.5 Å². The van der Waals surface area contributed by atoms with E-state index in [4.69, 9.17) is 5.11 Å². The fraction of sp³-hybridized carbons (Fsp3) is 0.353. The highest BCUT2D eigenvalue weighted by Crippen LogP contribution is 2.22. The van der Waals surface area contributed by atoms with E-state index in [0.717, 1.165) is 31.6 Å². The average Bonchev–Trinajstić information content (AvgIpc) is 3.04. The zero-order chi connectivity index (χ0) is 17.1. The third-order valence-electron chi connectivity index (χ3n) is 4.23. The maximum atomic E-state index is 11.4. The lowest BCUT2D eigenvalue weighted by atomic mass is 10.0. The normalized spacial score (nSPS) is 17.0. The molecule has 1 N–H and O–H groups in total. The van der Waals surface area contributed by atoms with Gasteiger partial charge in [0.2, 0.25) is 5.91 Å². The predicted molar refractivity (Wildman–Crippen MR) is 86.3 cm³/mol. The van der Waals surface area contributed by atoms with E-state index in [1.54, 1.807) is 19.2 Å². The number of aromatic nitrogens is 3. The SMILES string of the molecule is CC(=O)N1CC[C@H](Cc2cc(-c3cncc(C(=O)O)c3)ncn2)C1. The van der Waals surface area contributed by atoms with Gasteiger partial charge < -0.3 is 10.0 Å². The Kier molecular flexibility index (Phi) is 4.50. The zero-order valence-corrected chi connectivity index (χ0v) is 13.3. The van der Waals surface area contributed by atoms with Gasteiger partial charge in [0.25, 0.3) is 0 Å². The number of carboxylic acids is 1. The Hall–Kier alpha value is -2.83. The third-order valence-corrected chi connectivity index (χ3v) is 4.23. The molecule has 1 amide bonds. The number of amides is 1. The Bertz CT molecular complexity index is 778. The molecule has 1 fully saturated rings. The summed E-state index contributed by atoms with van der Waals surface area (Å²) in [6.07, 6.45) is 6.12. The Morgan fingerprint density at radius 2 is 2.12 bits per heavy atom. The molecule has 0 unspecified atom stereocenters. The van der Waals surface area contributed by atoms with Gasteiger partial charge in [0, 0.05) is 43.7 Å². The third kappa shape index (κ3) is 3.56. The van der Waals surface area contributed by atoms with Crippen molar-refractivity contribution in [2.24, 2.45) is 5.92 Å². The number of carbonyl (C=O) groups excluding carboxylic acids is 1. The molecule has 7 heteroatoms. The van der Waals surface area contributed by atoms with Crippen molar-refractivity contribution in [2.75, 3.05) is 13.1 Å². The van der Waals surface area contributed by atoms with Crippen LogP contribution in [-0.2, 0) is 11.2 Å². The number of rotatable bonds is 4. The maximum Gasteiger partial charge on any atom is 0.337 e. The minimum Gasteiger partial charge on any atom is -0.478 e. The topological polar surface area (TPSA) is 96.3 Å². The van der Waals surface area contributed by atoms with Crippen molar-refractivity contribution in [1.29, 1.82) is 0 Å². The monoisotopic (exact) mass is 326 g/mol. The van der Waals surface area contributed by atoms with Gasteiger partial charge in [-0.3, -0.25) is 9.78 Å². The number of aromatic carboxylic acids is 1. The van der Waals surface area contributed by atoms with Gasteiger partial charge in [-0.2, -0.15) is 0 Å². The average molecular weight is 326 g/mol. The Balaban J connectivity index is 1.76. The number of hydrogen-bond acceptors (Lipinski definition) is 5. The van der Waals surface area contributed by atoms with E-state index >= 15 is 0 Å². The Labute approximate surface area is 139 Å². The first kappa shape index (κ1) is 16.0. The Morgan fingerprint density at radius 1 is 1.29 bits per heavy atom. The van der Waals surface area contributed by atoms with Crippen LogP contribution in [0.1, 0.15) is 29.4 Å². The summed E-state index contributed by atoms with van der Waals surface area (Å²) in [5.41, 5.74) is 2.31. The van der Waals surface area contributed by atoms with Crippen LogP contribution >= 0.6 is 0 Å². The van der Waals surface area contributed by atoms with Gasteiger partial charge in [-0.1, -0.05) is 0 Å². The quantitative estimate of drug-likeness (QED) is 0.917. The summed E-state index contributed by atoms with van der Waals surface area (Å²) in [5, 5.41) is 9.07. The summed E-state index contributed by atoms with van der Waals surface area (Å²) in [6, 6.07) is 3.41. The summed E-state index contributed by atoms with van der Waals surface area (Å²) in [6.45, 7) is 3.14. The number of carbonyl (C=O) groups is 2. The highest BCUT2D eigenvalue weighted by molar-refractivity contribution is 5.88. The molecular formula is C17H18N4O3. The first-order chi connectivity index (χ1) is 11.5. The summed E-state index contributed by atoms with van der Waals surface area (Å²) in [5.74, 6) is -0.522. The van der Waals surface area contributed by atoms with Crippen LogP contribution in [0.3, 0.4) is 0 Å². The van der Waals surface area contributed by atoms with E-state index in [-0.39, 0.29) is 11.5 Å². The number of likely N-dealkylation sites (tertiary alicyclic amines) is 1. The molecule has 2 aromatic heterocycles. The Morgan fingerprint density at radius 3 is 2.83 bits per heavy atom. The van der Waals surface area contributed by atoms with Gasteiger partial charge >= 0.3 is 5.97 Å². The molecule has 24 heavy (non-hydrogen) atoms. The molecule has 1 aliphatic rings. The second kappa shape index (κ2) is 6.74. The zero-order valence-electron chi connectivity index (χ0n) is 13.3. The summed E-state index contributed by atoms with van der Waals surface area (Å²) in [7, 11) is 0. The molecule has 1 saturated heterocycles. The van der Waals surface area contributed by atoms with E-state index in [1.807, 2.05) is 11.0 Å². The minimum absolute atomic E-state index is 0.109. The molecule has 0 aliphatic carbocycles. The lowest BCUT2D eigenvalue weighted by Crippen LogP contribution is -2.26. The van der Waals surface area contributed by atoms with Crippen LogP contribution in [0.5, 0.6) is 0 Å². The van der Waals surface area contributed by atoms with Crippen molar-refractivity contribution >= 4 is 11.9 Å². The molecule has 0 radical (unpaired) electrons. The van der Waals surface area contributed by atoms with Gasteiger partial charge in [-0.25, -0.2) is 14.8 Å². The van der Waals surface area contributed by atoms with Crippen LogP contribution in [0.25, 0.3) is 11.3 Å². The number of pyridine rings is 1. The highest BCUT2D eigenvalue weighted by atomic mass is 16.4. The van der Waals surface area contributed by atoms with E-state index in [9.17, 15) is 9.59 Å². The van der Waals surface area contributed by atoms with Crippen LogP contribution in [-0.4, -0.2) is 49.9 Å². The van der Waals surface area contributed by atoms with Crippen LogP contribution in [0, 0.1) is 5.92 Å². The molecule has 0 bridgehead atoms. The first-order valence-corrected chi connectivity index (χ1v) is 7.78. The highest BCUT2D eigenvalue weighted by Gasteiger charge is 2.24. The molecule has 2 aromatic rings. The van der Waals surface area contributed by atoms with E-state index in [0.29, 0.717) is 17.2 Å². The molecule has 124 valence electrons. The summed E-state index contributed by atoms with van der Waals surface area (Å²) in [4.78, 5) is 36.8. The fourth-order valence-corrected chi connectivity index (χ4v) is 2.95. The molecule has 7 nitrogen and oxygen atoms in total. The van der Waals surface area contributed by atoms with Crippen LogP contribution in [0.4, 0.5) is 0 Å². The predicted octanol–water partition coefficient (Wildman–Crippen LogP) is 1.65. The van der Waals surface area contributed by atoms with E-state index in [2.05, 4.69) is 15.0 Å². The molecular weight excluding hydrogens is 308 g/mol. The lowest BCUT2D eigenvalue weighted by Gasteiger charge is -2.13. The molecule has 3 heterocycles. The van der Waals surface area contributed by atoms with Gasteiger partial charge in [0.1, 0.15) is 6.33 Å². The van der Waals surface area contributed by atoms with Crippen LogP contribution in [0.15, 0.2) is 30.9 Å². The molecule has 0 aromatic carbocycles. The standard InChI is InChI=1S/C17H18N4O3/c1-11(22)21-3-2-12(9-21)4-15-6-16(20-10-19-15)13-5-14(17(23)24)8-18-7-13/h5-8,10,12H,2-4,9H2,1H3,(H,23,24)/t12-/m1/s1.